The third-order valence-electron chi connectivity index (χ3n) is 4.66. The Bertz CT molecular complexity index is 893. The van der Waals surface area contributed by atoms with Gasteiger partial charge >= 0.3 is 0 Å². The third-order valence-corrected chi connectivity index (χ3v) is 4.66. The van der Waals surface area contributed by atoms with Gasteiger partial charge in [-0.2, -0.15) is 5.10 Å². The Hall–Kier alpha value is -3.22. The zero-order chi connectivity index (χ0) is 17.9. The largest absolute Gasteiger partial charge is 0.497 e. The number of amides is 1. The number of ether oxygens (including phenoxy) is 1. The molecule has 7 heteroatoms. The second kappa shape index (κ2) is 6.95. The lowest BCUT2D eigenvalue weighted by Crippen LogP contribution is -2.30. The molecule has 132 valence electrons. The maximum atomic E-state index is 13.1. The molecule has 3 aromatic rings. The summed E-state index contributed by atoms with van der Waals surface area (Å²) in [5, 5.41) is 4.07. The van der Waals surface area contributed by atoms with Crippen LogP contribution >= 0.6 is 0 Å². The van der Waals surface area contributed by atoms with Gasteiger partial charge in [-0.05, 0) is 42.7 Å². The Balaban J connectivity index is 1.59. The van der Waals surface area contributed by atoms with Gasteiger partial charge in [0.2, 0.25) is 0 Å². The molecule has 1 saturated heterocycles. The molecule has 0 N–H and O–H groups in total. The number of hydrogen-bond acceptors (Lipinski definition) is 5. The van der Waals surface area contributed by atoms with Crippen molar-refractivity contribution >= 4 is 5.91 Å². The molecule has 1 atom stereocenters. The van der Waals surface area contributed by atoms with Crippen molar-refractivity contribution in [2.45, 2.75) is 18.9 Å². The lowest BCUT2D eigenvalue weighted by molar-refractivity contribution is 0.0735. The molecule has 1 aromatic carbocycles. The Kier molecular flexibility index (Phi) is 4.35. The molecule has 4 rings (SSSR count). The molecule has 1 fully saturated rings. The van der Waals surface area contributed by atoms with Crippen LogP contribution in [0.25, 0.3) is 5.82 Å². The highest BCUT2D eigenvalue weighted by atomic mass is 16.5. The van der Waals surface area contributed by atoms with Crippen molar-refractivity contribution in [1.29, 1.82) is 0 Å². The van der Waals surface area contributed by atoms with E-state index in [0.717, 1.165) is 30.7 Å². The number of carbonyl (C=O) groups is 1. The van der Waals surface area contributed by atoms with E-state index in [4.69, 9.17) is 4.74 Å². The fourth-order valence-corrected chi connectivity index (χ4v) is 3.35. The first-order valence-electron chi connectivity index (χ1n) is 8.52. The van der Waals surface area contributed by atoms with Crippen molar-refractivity contribution in [3.8, 4) is 11.6 Å². The van der Waals surface area contributed by atoms with E-state index in [1.807, 2.05) is 29.2 Å². The van der Waals surface area contributed by atoms with Crippen LogP contribution in [0.1, 0.15) is 34.8 Å². The summed E-state index contributed by atoms with van der Waals surface area (Å²) >= 11 is 0. The van der Waals surface area contributed by atoms with Crippen molar-refractivity contribution in [2.75, 3.05) is 13.7 Å². The molecule has 26 heavy (non-hydrogen) atoms. The maximum absolute atomic E-state index is 13.1. The predicted molar refractivity (Wildman–Crippen MR) is 95.2 cm³/mol. The number of rotatable bonds is 4. The van der Waals surface area contributed by atoms with E-state index in [0.29, 0.717) is 11.4 Å². The van der Waals surface area contributed by atoms with Crippen LogP contribution in [0.5, 0.6) is 5.75 Å². The van der Waals surface area contributed by atoms with Crippen LogP contribution in [0.2, 0.25) is 0 Å². The summed E-state index contributed by atoms with van der Waals surface area (Å²) in [4.78, 5) is 23.2. The summed E-state index contributed by atoms with van der Waals surface area (Å²) in [6.07, 6.45) is 6.58. The number of benzene rings is 1. The number of carbonyl (C=O) groups excluding carboxylic acids is 1. The number of aromatic nitrogens is 4. The molecule has 0 saturated carbocycles. The van der Waals surface area contributed by atoms with Gasteiger partial charge in [0.25, 0.3) is 5.91 Å². The Labute approximate surface area is 151 Å². The second-order valence-corrected chi connectivity index (χ2v) is 6.17. The van der Waals surface area contributed by atoms with E-state index in [2.05, 4.69) is 15.1 Å². The number of pyridine rings is 1. The van der Waals surface area contributed by atoms with Crippen LogP contribution in [-0.2, 0) is 0 Å². The third kappa shape index (κ3) is 3.03. The van der Waals surface area contributed by atoms with Crippen LogP contribution in [0, 0.1) is 0 Å². The molecule has 0 radical (unpaired) electrons. The van der Waals surface area contributed by atoms with Crippen molar-refractivity contribution in [2.24, 2.45) is 0 Å². The average Bonchev–Trinajstić information content (AvgIpc) is 3.39. The Morgan fingerprint density at radius 3 is 2.81 bits per heavy atom. The van der Waals surface area contributed by atoms with Crippen LogP contribution < -0.4 is 4.74 Å². The van der Waals surface area contributed by atoms with Gasteiger partial charge in [-0.1, -0.05) is 12.1 Å². The van der Waals surface area contributed by atoms with E-state index in [-0.39, 0.29) is 11.9 Å². The average molecular weight is 349 g/mol. The molecule has 2 aromatic heterocycles. The second-order valence-electron chi connectivity index (χ2n) is 6.17. The molecule has 0 aliphatic carbocycles. The number of methoxy groups -OCH3 is 1. The van der Waals surface area contributed by atoms with Crippen molar-refractivity contribution in [1.82, 2.24) is 24.6 Å². The quantitative estimate of drug-likeness (QED) is 0.724. The first-order valence-corrected chi connectivity index (χ1v) is 8.52. The van der Waals surface area contributed by atoms with Gasteiger partial charge in [-0.15, -0.1) is 0 Å². The van der Waals surface area contributed by atoms with E-state index in [1.54, 1.807) is 36.4 Å². The van der Waals surface area contributed by atoms with Crippen LogP contribution in [-0.4, -0.2) is 44.2 Å². The van der Waals surface area contributed by atoms with Gasteiger partial charge in [0.1, 0.15) is 18.4 Å². The Morgan fingerprint density at radius 1 is 1.23 bits per heavy atom. The van der Waals surface area contributed by atoms with Crippen molar-refractivity contribution in [3.63, 3.8) is 0 Å². The Morgan fingerprint density at radius 2 is 2.08 bits per heavy atom. The molecule has 0 unspecified atom stereocenters. The number of nitrogens with zero attached hydrogens (tertiary/aromatic N) is 5. The van der Waals surface area contributed by atoms with Gasteiger partial charge in [-0.25, -0.2) is 14.6 Å². The number of likely N-dealkylation sites (tertiary alicyclic amines) is 1. The zero-order valence-electron chi connectivity index (χ0n) is 14.4. The van der Waals surface area contributed by atoms with Crippen LogP contribution in [0.15, 0.2) is 55.2 Å². The normalized spacial score (nSPS) is 16.7. The van der Waals surface area contributed by atoms with E-state index in [1.165, 1.54) is 6.33 Å². The highest BCUT2D eigenvalue weighted by molar-refractivity contribution is 5.95. The minimum atomic E-state index is 0.00656. The standard InChI is InChI=1S/C19H19N5O2/c1-26-16-6-4-14(5-7-16)17-3-2-10-23(17)19(25)15-8-9-21-18(11-15)24-13-20-12-22-24/h4-9,11-13,17H,2-3,10H2,1H3/t17-/m1/s1. The fraction of sp³-hybridized carbons (Fsp3) is 0.263. The summed E-state index contributed by atoms with van der Waals surface area (Å²) in [7, 11) is 1.65. The van der Waals surface area contributed by atoms with Gasteiger partial charge < -0.3 is 9.64 Å². The highest BCUT2D eigenvalue weighted by Gasteiger charge is 2.30. The topological polar surface area (TPSA) is 73.1 Å². The minimum Gasteiger partial charge on any atom is -0.497 e. The molecular formula is C19H19N5O2. The minimum absolute atomic E-state index is 0.00656. The molecule has 0 bridgehead atoms. The maximum Gasteiger partial charge on any atom is 0.254 e. The molecule has 3 heterocycles. The van der Waals surface area contributed by atoms with Gasteiger partial charge in [0, 0.05) is 18.3 Å². The zero-order valence-corrected chi connectivity index (χ0v) is 14.4. The summed E-state index contributed by atoms with van der Waals surface area (Å²) in [6, 6.07) is 11.5. The fourth-order valence-electron chi connectivity index (χ4n) is 3.35. The van der Waals surface area contributed by atoms with E-state index < -0.39 is 0 Å². The van der Waals surface area contributed by atoms with Gasteiger partial charge in [0.05, 0.1) is 13.2 Å². The number of hydrogen-bond donors (Lipinski definition) is 0. The summed E-state index contributed by atoms with van der Waals surface area (Å²) in [5.74, 6) is 1.40. The molecule has 1 amide bonds. The molecule has 1 aliphatic heterocycles. The van der Waals surface area contributed by atoms with Crippen molar-refractivity contribution in [3.05, 3.63) is 66.4 Å². The summed E-state index contributed by atoms with van der Waals surface area (Å²) in [6.45, 7) is 0.747. The predicted octanol–water partition coefficient (Wildman–Crippen LogP) is 2.65. The van der Waals surface area contributed by atoms with Crippen molar-refractivity contribution < 1.29 is 9.53 Å². The first kappa shape index (κ1) is 16.3. The van der Waals surface area contributed by atoms with Crippen LogP contribution in [0.4, 0.5) is 0 Å². The van der Waals surface area contributed by atoms with E-state index >= 15 is 0 Å². The van der Waals surface area contributed by atoms with Gasteiger partial charge in [-0.3, -0.25) is 4.79 Å². The van der Waals surface area contributed by atoms with Gasteiger partial charge in [0.15, 0.2) is 5.82 Å². The van der Waals surface area contributed by atoms with E-state index in [9.17, 15) is 4.79 Å². The molecule has 1 aliphatic rings. The molecule has 0 spiro atoms. The summed E-state index contributed by atoms with van der Waals surface area (Å²) < 4.78 is 6.77. The monoisotopic (exact) mass is 349 g/mol. The summed E-state index contributed by atoms with van der Waals surface area (Å²) in [5.41, 5.74) is 1.73. The molecule has 7 nitrogen and oxygen atoms in total. The first-order chi connectivity index (χ1) is 12.8. The lowest BCUT2D eigenvalue weighted by Gasteiger charge is -2.25. The molecular weight excluding hydrogens is 330 g/mol. The van der Waals surface area contributed by atoms with Crippen LogP contribution in [0.3, 0.4) is 0 Å². The SMILES string of the molecule is COc1ccc([C@H]2CCCN2C(=O)c2ccnc(-n3cncn3)c2)cc1. The highest BCUT2D eigenvalue weighted by Crippen LogP contribution is 2.34. The smallest absolute Gasteiger partial charge is 0.254 e. The lowest BCUT2D eigenvalue weighted by atomic mass is 10.0.